The summed E-state index contributed by atoms with van der Waals surface area (Å²) in [5, 5.41) is 0. The molecule has 0 radical (unpaired) electrons. The second-order valence-corrected chi connectivity index (χ2v) is 8.51. The van der Waals surface area contributed by atoms with Crippen LogP contribution in [-0.4, -0.2) is 21.6 Å². The van der Waals surface area contributed by atoms with E-state index in [-0.39, 0.29) is 11.8 Å². The Hall–Kier alpha value is -4.62. The highest BCUT2D eigenvalue weighted by Crippen LogP contribution is 2.12. The fraction of sp³-hybridized carbons (Fsp3) is 0.125. The van der Waals surface area contributed by atoms with Gasteiger partial charge in [0, 0.05) is 38.0 Å². The maximum absolute atomic E-state index is 13.2. The fourth-order valence-corrected chi connectivity index (χ4v) is 3.88. The van der Waals surface area contributed by atoms with Crippen molar-refractivity contribution < 1.29 is 9.59 Å². The molecule has 36 heavy (non-hydrogen) atoms. The van der Waals surface area contributed by atoms with Crippen LogP contribution >= 0.6 is 0 Å². The maximum atomic E-state index is 13.2. The first-order valence-electron chi connectivity index (χ1n) is 11.9. The molecule has 4 nitrogen and oxygen atoms in total. The van der Waals surface area contributed by atoms with Crippen molar-refractivity contribution >= 4 is 11.8 Å². The summed E-state index contributed by atoms with van der Waals surface area (Å²) in [6, 6.07) is 39.2. The van der Waals surface area contributed by atoms with E-state index in [1.54, 1.807) is 9.80 Å². The molecule has 0 heterocycles. The van der Waals surface area contributed by atoms with Gasteiger partial charge in [0.05, 0.1) is 0 Å². The van der Waals surface area contributed by atoms with Gasteiger partial charge in [0.1, 0.15) is 0 Å². The van der Waals surface area contributed by atoms with Gasteiger partial charge in [-0.25, -0.2) is 0 Å². The largest absolute Gasteiger partial charge is 0.323 e. The van der Waals surface area contributed by atoms with Crippen LogP contribution in [0.15, 0.2) is 121 Å². The predicted molar refractivity (Wildman–Crippen MR) is 142 cm³/mol. The lowest BCUT2D eigenvalue weighted by atomic mass is 10.1. The molecular formula is C32H28N2O2. The molecule has 0 saturated carbocycles. The molecule has 0 fully saturated rings. The minimum Gasteiger partial charge on any atom is -0.323 e. The average Bonchev–Trinajstić information content (AvgIpc) is 2.93. The molecule has 0 aliphatic heterocycles. The number of benzene rings is 4. The standard InChI is InChI=1S/C32H28N2O2/c35-31(33(23-27-13-5-1-6-14-27)24-28-15-7-2-8-16-28)21-22-32(36)34(25-29-17-9-3-10-18-29)26-30-19-11-4-12-20-30/h1-20H,23-26H2. The first-order chi connectivity index (χ1) is 17.7. The van der Waals surface area contributed by atoms with Crippen molar-refractivity contribution in [3.8, 4) is 11.8 Å². The summed E-state index contributed by atoms with van der Waals surface area (Å²) in [6.07, 6.45) is 0. The molecule has 4 aromatic rings. The normalized spacial score (nSPS) is 10.1. The van der Waals surface area contributed by atoms with E-state index in [2.05, 4.69) is 11.8 Å². The third-order valence-corrected chi connectivity index (χ3v) is 5.72. The van der Waals surface area contributed by atoms with E-state index < -0.39 is 0 Å². The second-order valence-electron chi connectivity index (χ2n) is 8.51. The molecule has 4 aromatic carbocycles. The van der Waals surface area contributed by atoms with Crippen LogP contribution in [0.3, 0.4) is 0 Å². The summed E-state index contributed by atoms with van der Waals surface area (Å²) >= 11 is 0. The molecule has 0 spiro atoms. The van der Waals surface area contributed by atoms with Crippen LogP contribution < -0.4 is 0 Å². The topological polar surface area (TPSA) is 40.6 Å². The van der Waals surface area contributed by atoms with Gasteiger partial charge >= 0.3 is 0 Å². The molecule has 0 aliphatic carbocycles. The summed E-state index contributed by atoms with van der Waals surface area (Å²) in [5.41, 5.74) is 4.02. The van der Waals surface area contributed by atoms with Gasteiger partial charge in [0.2, 0.25) is 0 Å². The number of carbonyl (C=O) groups is 2. The molecule has 0 atom stereocenters. The van der Waals surface area contributed by atoms with Gasteiger partial charge in [-0.05, 0) is 22.3 Å². The van der Waals surface area contributed by atoms with E-state index in [1.165, 1.54) is 0 Å². The van der Waals surface area contributed by atoms with Crippen LogP contribution in [0.4, 0.5) is 0 Å². The van der Waals surface area contributed by atoms with Crippen molar-refractivity contribution in [2.24, 2.45) is 0 Å². The number of hydrogen-bond donors (Lipinski definition) is 0. The lowest BCUT2D eigenvalue weighted by molar-refractivity contribution is -0.128. The monoisotopic (exact) mass is 472 g/mol. The van der Waals surface area contributed by atoms with E-state index in [0.29, 0.717) is 26.2 Å². The Morgan fingerprint density at radius 3 is 0.861 bits per heavy atom. The van der Waals surface area contributed by atoms with Gasteiger partial charge in [-0.3, -0.25) is 9.59 Å². The lowest BCUT2D eigenvalue weighted by Crippen LogP contribution is -2.31. The Morgan fingerprint density at radius 1 is 0.417 bits per heavy atom. The highest BCUT2D eigenvalue weighted by atomic mass is 16.2. The third kappa shape index (κ3) is 7.44. The van der Waals surface area contributed by atoms with E-state index in [4.69, 9.17) is 0 Å². The zero-order chi connectivity index (χ0) is 25.0. The Bertz CT molecular complexity index is 1130. The summed E-state index contributed by atoms with van der Waals surface area (Å²) in [5.74, 6) is 4.48. The van der Waals surface area contributed by atoms with Gasteiger partial charge in [-0.1, -0.05) is 121 Å². The lowest BCUT2D eigenvalue weighted by Gasteiger charge is -2.21. The number of rotatable bonds is 8. The molecule has 178 valence electrons. The average molecular weight is 473 g/mol. The fourth-order valence-electron chi connectivity index (χ4n) is 3.88. The van der Waals surface area contributed by atoms with Gasteiger partial charge < -0.3 is 9.80 Å². The Labute approximate surface area is 212 Å². The maximum Gasteiger partial charge on any atom is 0.299 e. The summed E-state index contributed by atoms with van der Waals surface area (Å²) in [4.78, 5) is 29.7. The highest BCUT2D eigenvalue weighted by Gasteiger charge is 2.16. The molecular weight excluding hydrogens is 444 g/mol. The molecule has 0 bridgehead atoms. The first-order valence-corrected chi connectivity index (χ1v) is 11.9. The summed E-state index contributed by atoms with van der Waals surface area (Å²) in [6.45, 7) is 1.65. The highest BCUT2D eigenvalue weighted by molar-refractivity contribution is 6.02. The Kier molecular flexibility index (Phi) is 8.67. The van der Waals surface area contributed by atoms with Crippen LogP contribution in [0.25, 0.3) is 0 Å². The molecule has 4 rings (SSSR count). The third-order valence-electron chi connectivity index (χ3n) is 5.72. The van der Waals surface area contributed by atoms with Crippen molar-refractivity contribution in [3.63, 3.8) is 0 Å². The minimum absolute atomic E-state index is 0.379. The molecule has 2 amide bonds. The van der Waals surface area contributed by atoms with Gasteiger partial charge in [0.15, 0.2) is 0 Å². The van der Waals surface area contributed by atoms with Crippen molar-refractivity contribution in [1.82, 2.24) is 9.80 Å². The first kappa shape index (κ1) is 24.5. The predicted octanol–water partition coefficient (Wildman–Crippen LogP) is 5.45. The summed E-state index contributed by atoms with van der Waals surface area (Å²) < 4.78 is 0. The number of carbonyl (C=O) groups excluding carboxylic acids is 2. The van der Waals surface area contributed by atoms with Crippen molar-refractivity contribution in [1.29, 1.82) is 0 Å². The van der Waals surface area contributed by atoms with E-state index >= 15 is 0 Å². The molecule has 4 heteroatoms. The molecule has 0 aromatic heterocycles. The molecule has 0 saturated heterocycles. The molecule has 0 N–H and O–H groups in total. The summed E-state index contributed by atoms with van der Waals surface area (Å²) in [7, 11) is 0. The smallest absolute Gasteiger partial charge is 0.299 e. The van der Waals surface area contributed by atoms with Crippen LogP contribution in [0.2, 0.25) is 0 Å². The quantitative estimate of drug-likeness (QED) is 0.320. The van der Waals surface area contributed by atoms with Gasteiger partial charge in [-0.2, -0.15) is 0 Å². The van der Waals surface area contributed by atoms with Crippen LogP contribution in [0.5, 0.6) is 0 Å². The van der Waals surface area contributed by atoms with E-state index in [0.717, 1.165) is 22.3 Å². The van der Waals surface area contributed by atoms with Crippen LogP contribution in [0, 0.1) is 11.8 Å². The van der Waals surface area contributed by atoms with Gasteiger partial charge in [-0.15, -0.1) is 0 Å². The minimum atomic E-state index is -0.379. The van der Waals surface area contributed by atoms with Crippen molar-refractivity contribution in [2.75, 3.05) is 0 Å². The number of hydrogen-bond acceptors (Lipinski definition) is 2. The number of amides is 2. The van der Waals surface area contributed by atoms with Crippen LogP contribution in [-0.2, 0) is 35.8 Å². The van der Waals surface area contributed by atoms with E-state index in [1.807, 2.05) is 121 Å². The SMILES string of the molecule is O=C(C#CC(=O)N(Cc1ccccc1)Cc1ccccc1)N(Cc1ccccc1)Cc1ccccc1. The number of nitrogens with zero attached hydrogens (tertiary/aromatic N) is 2. The second kappa shape index (κ2) is 12.7. The Balaban J connectivity index is 1.53. The molecule has 0 unspecified atom stereocenters. The van der Waals surface area contributed by atoms with E-state index in [9.17, 15) is 9.59 Å². The zero-order valence-electron chi connectivity index (χ0n) is 20.1. The van der Waals surface area contributed by atoms with Crippen molar-refractivity contribution in [3.05, 3.63) is 144 Å². The van der Waals surface area contributed by atoms with Crippen LogP contribution in [0.1, 0.15) is 22.3 Å². The zero-order valence-corrected chi connectivity index (χ0v) is 20.1. The van der Waals surface area contributed by atoms with Gasteiger partial charge in [0.25, 0.3) is 11.8 Å². The Morgan fingerprint density at radius 2 is 0.639 bits per heavy atom. The molecule has 0 aliphatic rings. The van der Waals surface area contributed by atoms with Crippen molar-refractivity contribution in [2.45, 2.75) is 26.2 Å².